The third-order valence-corrected chi connectivity index (χ3v) is 9.21. The van der Waals surface area contributed by atoms with Crippen LogP contribution < -0.4 is 4.74 Å². The Morgan fingerprint density at radius 3 is 1.78 bits per heavy atom. The number of benzene rings is 3. The van der Waals surface area contributed by atoms with Gasteiger partial charge in [-0.2, -0.15) is 0 Å². The Bertz CT molecular complexity index is 1470. The Hall–Kier alpha value is -4.21. The van der Waals surface area contributed by atoms with Crippen LogP contribution in [0.25, 0.3) is 11.1 Å². The molecule has 278 valence electrons. The maximum absolute atomic E-state index is 12.8. The first-order valence-corrected chi connectivity index (χ1v) is 18.4. The molecular formula is C42H56O9. The number of hydrogen-bond acceptors (Lipinski definition) is 9. The van der Waals surface area contributed by atoms with E-state index in [9.17, 15) is 24.6 Å². The highest BCUT2D eigenvalue weighted by molar-refractivity contribution is 5.93. The first-order chi connectivity index (χ1) is 24.7. The highest BCUT2D eigenvalue weighted by Gasteiger charge is 2.33. The van der Waals surface area contributed by atoms with Crippen molar-refractivity contribution < 1.29 is 43.8 Å². The van der Waals surface area contributed by atoms with E-state index in [1.54, 1.807) is 30.3 Å². The van der Waals surface area contributed by atoms with Crippen LogP contribution in [-0.4, -0.2) is 54.5 Å². The molecule has 0 saturated heterocycles. The minimum Gasteiger partial charge on any atom is -0.494 e. The van der Waals surface area contributed by atoms with E-state index in [2.05, 4.69) is 13.8 Å². The predicted octanol–water partition coefficient (Wildman–Crippen LogP) is 8.68. The monoisotopic (exact) mass is 704 g/mol. The van der Waals surface area contributed by atoms with Gasteiger partial charge in [-0.1, -0.05) is 108 Å². The summed E-state index contributed by atoms with van der Waals surface area (Å²) in [5, 5.41) is 18.5. The molecule has 0 bridgehead atoms. The molecule has 1 unspecified atom stereocenters. The van der Waals surface area contributed by atoms with Gasteiger partial charge in [0.1, 0.15) is 11.2 Å². The lowest BCUT2D eigenvalue weighted by atomic mass is 9.90. The topological polar surface area (TPSA) is 129 Å². The van der Waals surface area contributed by atoms with Crippen molar-refractivity contribution in [2.75, 3.05) is 26.4 Å². The van der Waals surface area contributed by atoms with E-state index in [0.29, 0.717) is 30.4 Å². The molecule has 51 heavy (non-hydrogen) atoms. The van der Waals surface area contributed by atoms with Crippen LogP contribution >= 0.6 is 0 Å². The number of carbonyl (C=O) groups excluding carboxylic acids is 3. The maximum atomic E-state index is 12.8. The fourth-order valence-electron chi connectivity index (χ4n) is 5.49. The molecule has 0 spiro atoms. The molecule has 0 radical (unpaired) electrons. The van der Waals surface area contributed by atoms with E-state index in [1.807, 2.05) is 42.5 Å². The van der Waals surface area contributed by atoms with Gasteiger partial charge in [0.15, 0.2) is 0 Å². The zero-order valence-corrected chi connectivity index (χ0v) is 30.6. The molecule has 0 saturated carbocycles. The summed E-state index contributed by atoms with van der Waals surface area (Å²) < 4.78 is 11.0. The van der Waals surface area contributed by atoms with Crippen LogP contribution in [0.1, 0.15) is 118 Å². The Labute approximate surface area is 303 Å². The molecule has 3 aromatic carbocycles. The van der Waals surface area contributed by atoms with Gasteiger partial charge in [0.05, 0.1) is 37.6 Å². The number of aliphatic hydroxyl groups is 2. The van der Waals surface area contributed by atoms with Crippen LogP contribution in [0.3, 0.4) is 0 Å². The zero-order chi connectivity index (χ0) is 36.9. The lowest BCUT2D eigenvalue weighted by Crippen LogP contribution is -2.37. The second-order valence-corrected chi connectivity index (χ2v) is 13.6. The third kappa shape index (κ3) is 14.1. The molecule has 9 nitrogen and oxygen atoms in total. The van der Waals surface area contributed by atoms with Gasteiger partial charge in [-0.3, -0.25) is 4.79 Å². The molecule has 0 aliphatic carbocycles. The second kappa shape index (κ2) is 22.6. The van der Waals surface area contributed by atoms with E-state index < -0.39 is 36.5 Å². The molecule has 0 aliphatic heterocycles. The third-order valence-electron chi connectivity index (χ3n) is 9.21. The van der Waals surface area contributed by atoms with Crippen LogP contribution in [0, 0.1) is 11.3 Å². The van der Waals surface area contributed by atoms with Gasteiger partial charge < -0.3 is 19.7 Å². The van der Waals surface area contributed by atoms with Gasteiger partial charge >= 0.3 is 17.9 Å². The Kier molecular flexibility index (Phi) is 18.2. The smallest absolute Gasteiger partial charge is 0.386 e. The van der Waals surface area contributed by atoms with Crippen molar-refractivity contribution in [1.82, 2.24) is 0 Å². The lowest BCUT2D eigenvalue weighted by Gasteiger charge is -2.22. The molecular weight excluding hydrogens is 648 g/mol. The average molecular weight is 705 g/mol. The second-order valence-electron chi connectivity index (χ2n) is 13.6. The van der Waals surface area contributed by atoms with Crippen molar-refractivity contribution in [3.8, 4) is 16.9 Å². The first kappa shape index (κ1) is 41.2. The van der Waals surface area contributed by atoms with Crippen molar-refractivity contribution in [1.29, 1.82) is 0 Å². The SMILES string of the molecule is CCC(C)Cc1cc(C(=O)OOC(=O)c2ccc(OCCCCCCCCCCCCOC(=O)C(C)(CO)CO)cc2)ccc1-c1ccccc1. The van der Waals surface area contributed by atoms with Gasteiger partial charge in [-0.15, -0.1) is 0 Å². The molecule has 0 amide bonds. The minimum absolute atomic E-state index is 0.249. The molecule has 0 aromatic heterocycles. The summed E-state index contributed by atoms with van der Waals surface area (Å²) in [6.07, 6.45) is 12.5. The van der Waals surface area contributed by atoms with Crippen LogP contribution in [0.5, 0.6) is 5.75 Å². The Balaban J connectivity index is 1.27. The van der Waals surface area contributed by atoms with Crippen molar-refractivity contribution in [3.63, 3.8) is 0 Å². The summed E-state index contributed by atoms with van der Waals surface area (Å²) >= 11 is 0. The van der Waals surface area contributed by atoms with E-state index in [-0.39, 0.29) is 5.56 Å². The lowest BCUT2D eigenvalue weighted by molar-refractivity contribution is -0.187. The Morgan fingerprint density at radius 2 is 1.22 bits per heavy atom. The normalized spacial score (nSPS) is 11.9. The number of aliphatic hydroxyl groups excluding tert-OH is 2. The number of carbonyl (C=O) groups is 3. The minimum atomic E-state index is -1.23. The molecule has 0 fully saturated rings. The molecule has 1 atom stereocenters. The van der Waals surface area contributed by atoms with Crippen molar-refractivity contribution in [3.05, 3.63) is 89.5 Å². The van der Waals surface area contributed by atoms with Crippen LogP contribution in [0.15, 0.2) is 72.8 Å². The van der Waals surface area contributed by atoms with Crippen LogP contribution in [-0.2, 0) is 25.7 Å². The highest BCUT2D eigenvalue weighted by Crippen LogP contribution is 2.28. The standard InChI is InChI=1S/C42H56O9/c1-4-32(2)28-36-29-35(22-25-38(36)33-18-14-13-15-19-33)40(46)51-50-39(45)34-20-23-37(24-21-34)48-26-16-11-9-7-5-6-8-10-12-17-27-49-41(47)42(3,30-43)31-44/h13-15,18-25,29,32,43-44H,4-12,16-17,26-28,30-31H2,1-3H3. The fourth-order valence-corrected chi connectivity index (χ4v) is 5.49. The van der Waals surface area contributed by atoms with Gasteiger partial charge in [-0.05, 0) is 85.2 Å². The van der Waals surface area contributed by atoms with Crippen LogP contribution in [0.2, 0.25) is 0 Å². The zero-order valence-electron chi connectivity index (χ0n) is 30.6. The summed E-state index contributed by atoms with van der Waals surface area (Å²) in [4.78, 5) is 47.1. The molecule has 3 rings (SSSR count). The van der Waals surface area contributed by atoms with E-state index in [4.69, 9.17) is 19.2 Å². The number of ether oxygens (including phenoxy) is 2. The van der Waals surface area contributed by atoms with Crippen LogP contribution in [0.4, 0.5) is 0 Å². The fraction of sp³-hybridized carbons (Fsp3) is 0.500. The molecule has 2 N–H and O–H groups in total. The average Bonchev–Trinajstić information content (AvgIpc) is 3.16. The molecule has 0 heterocycles. The highest BCUT2D eigenvalue weighted by atomic mass is 17.2. The number of esters is 1. The van der Waals surface area contributed by atoms with E-state index >= 15 is 0 Å². The van der Waals surface area contributed by atoms with Gasteiger partial charge in [0.25, 0.3) is 0 Å². The van der Waals surface area contributed by atoms with E-state index in [1.165, 1.54) is 26.2 Å². The predicted molar refractivity (Wildman–Crippen MR) is 197 cm³/mol. The molecule has 3 aromatic rings. The number of hydrogen-bond donors (Lipinski definition) is 2. The number of rotatable bonds is 23. The van der Waals surface area contributed by atoms with E-state index in [0.717, 1.165) is 74.5 Å². The summed E-state index contributed by atoms with van der Waals surface area (Å²) in [5.74, 6) is -0.953. The first-order valence-electron chi connectivity index (χ1n) is 18.4. The maximum Gasteiger partial charge on any atom is 0.386 e. The Morgan fingerprint density at radius 1 is 0.686 bits per heavy atom. The summed E-state index contributed by atoms with van der Waals surface area (Å²) in [7, 11) is 0. The van der Waals surface area contributed by atoms with Gasteiger partial charge in [0.2, 0.25) is 0 Å². The van der Waals surface area contributed by atoms with Gasteiger partial charge in [0, 0.05) is 0 Å². The summed E-state index contributed by atoms with van der Waals surface area (Å²) in [5.41, 5.74) is 2.53. The number of unbranched alkanes of at least 4 members (excludes halogenated alkanes) is 9. The van der Waals surface area contributed by atoms with Crippen molar-refractivity contribution in [2.24, 2.45) is 11.3 Å². The summed E-state index contributed by atoms with van der Waals surface area (Å²) in [6.45, 7) is 5.85. The summed E-state index contributed by atoms with van der Waals surface area (Å²) in [6, 6.07) is 22.0. The van der Waals surface area contributed by atoms with Crippen molar-refractivity contribution >= 4 is 17.9 Å². The van der Waals surface area contributed by atoms with Gasteiger partial charge in [-0.25, -0.2) is 19.4 Å². The van der Waals surface area contributed by atoms with Crippen molar-refractivity contribution in [2.45, 2.75) is 97.8 Å². The largest absolute Gasteiger partial charge is 0.494 e. The molecule has 9 heteroatoms. The molecule has 0 aliphatic rings. The quantitative estimate of drug-likeness (QED) is 0.0431.